The lowest BCUT2D eigenvalue weighted by molar-refractivity contribution is 0.145. The summed E-state index contributed by atoms with van der Waals surface area (Å²) < 4.78 is 7.32. The zero-order chi connectivity index (χ0) is 22.1. The predicted octanol–water partition coefficient (Wildman–Crippen LogP) is 3.20. The van der Waals surface area contributed by atoms with E-state index in [1.807, 2.05) is 35.0 Å². The highest BCUT2D eigenvalue weighted by atomic mass is 16.5. The molecule has 0 radical (unpaired) electrons. The second-order valence-corrected chi connectivity index (χ2v) is 8.47. The smallest absolute Gasteiger partial charge is 0.164 e. The minimum atomic E-state index is -0.0109. The number of hydrogen-bond donors (Lipinski definition) is 2. The largest absolute Gasteiger partial charge is 0.497 e. The van der Waals surface area contributed by atoms with Gasteiger partial charge < -0.3 is 4.74 Å². The molecule has 1 fully saturated rings. The van der Waals surface area contributed by atoms with Crippen molar-refractivity contribution in [1.82, 2.24) is 30.8 Å². The van der Waals surface area contributed by atoms with Crippen molar-refractivity contribution in [3.05, 3.63) is 77.6 Å². The molecule has 0 aliphatic carbocycles. The van der Waals surface area contributed by atoms with Gasteiger partial charge >= 0.3 is 0 Å². The Morgan fingerprint density at radius 2 is 1.84 bits per heavy atom. The van der Waals surface area contributed by atoms with Crippen LogP contribution < -0.4 is 15.8 Å². The van der Waals surface area contributed by atoms with Gasteiger partial charge in [0.2, 0.25) is 0 Å². The molecule has 1 saturated heterocycles. The molecule has 2 N–H and O–H groups in total. The molecule has 166 valence electrons. The number of rotatable bonds is 6. The quantitative estimate of drug-likeness (QED) is 0.625. The van der Waals surface area contributed by atoms with Crippen LogP contribution in [0.2, 0.25) is 0 Å². The van der Waals surface area contributed by atoms with Crippen LogP contribution in [-0.4, -0.2) is 45.7 Å². The summed E-state index contributed by atoms with van der Waals surface area (Å²) in [5.41, 5.74) is 10.7. The topological polar surface area (TPSA) is 70.0 Å². The zero-order valence-electron chi connectivity index (χ0n) is 18.7. The average Bonchev–Trinajstić information content (AvgIpc) is 3.48. The first-order valence-corrected chi connectivity index (χ1v) is 11.0. The van der Waals surface area contributed by atoms with E-state index in [0.717, 1.165) is 42.6 Å². The number of para-hydroxylation sites is 1. The van der Waals surface area contributed by atoms with Gasteiger partial charge in [-0.2, -0.15) is 5.10 Å². The molecule has 5 rings (SSSR count). The summed E-state index contributed by atoms with van der Waals surface area (Å²) >= 11 is 0. The van der Waals surface area contributed by atoms with Crippen LogP contribution in [0, 0.1) is 0 Å². The van der Waals surface area contributed by atoms with Crippen molar-refractivity contribution in [2.45, 2.75) is 32.4 Å². The number of amidine groups is 1. The Hall–Kier alpha value is -3.36. The highest BCUT2D eigenvalue weighted by Gasteiger charge is 2.39. The van der Waals surface area contributed by atoms with Gasteiger partial charge in [0, 0.05) is 24.8 Å². The molecule has 0 bridgehead atoms. The van der Waals surface area contributed by atoms with Gasteiger partial charge in [-0.3, -0.25) is 9.91 Å². The summed E-state index contributed by atoms with van der Waals surface area (Å²) in [4.78, 5) is 2.48. The molecule has 0 amide bonds. The van der Waals surface area contributed by atoms with E-state index in [4.69, 9.17) is 9.84 Å². The van der Waals surface area contributed by atoms with Crippen LogP contribution in [-0.2, 0) is 6.54 Å². The standard InChI is InChI=1S/C24H29N7O/c1-17(2)22-21(16-31(26-22)19-7-5-4-6-8-19)23-24-25-27-28-30(24)14-13-29(23)15-18-9-11-20(32-3)12-10-18/h4-12,16-17,23,27-28H,13-15H2,1-3H3. The van der Waals surface area contributed by atoms with E-state index in [1.165, 1.54) is 11.1 Å². The normalized spacial score (nSPS) is 18.4. The number of nitrogens with zero attached hydrogens (tertiary/aromatic N) is 5. The summed E-state index contributed by atoms with van der Waals surface area (Å²) in [5.74, 6) is 2.13. The highest BCUT2D eigenvalue weighted by Crippen LogP contribution is 2.34. The van der Waals surface area contributed by atoms with Crippen LogP contribution in [0.15, 0.2) is 65.9 Å². The van der Waals surface area contributed by atoms with Crippen LogP contribution in [0.5, 0.6) is 5.75 Å². The minimum Gasteiger partial charge on any atom is -0.497 e. The SMILES string of the molecule is COc1ccc(CN2CCN3NNN=C3C2c2cn(-c3ccccc3)nc2C(C)C)cc1. The van der Waals surface area contributed by atoms with Crippen LogP contribution in [0.1, 0.15) is 42.6 Å². The maximum Gasteiger partial charge on any atom is 0.164 e. The van der Waals surface area contributed by atoms with Gasteiger partial charge in [-0.05, 0) is 35.7 Å². The number of methoxy groups -OCH3 is 1. The van der Waals surface area contributed by atoms with Crippen molar-refractivity contribution < 1.29 is 4.74 Å². The van der Waals surface area contributed by atoms with Gasteiger partial charge in [0.15, 0.2) is 5.84 Å². The predicted molar refractivity (Wildman–Crippen MR) is 124 cm³/mol. The number of hydrazone groups is 1. The Morgan fingerprint density at radius 3 is 2.56 bits per heavy atom. The number of aromatic nitrogens is 2. The fourth-order valence-corrected chi connectivity index (χ4v) is 4.40. The van der Waals surface area contributed by atoms with Gasteiger partial charge in [-0.25, -0.2) is 10.2 Å². The molecular weight excluding hydrogens is 402 g/mol. The zero-order valence-corrected chi connectivity index (χ0v) is 18.7. The summed E-state index contributed by atoms with van der Waals surface area (Å²) in [6.45, 7) is 6.96. The number of nitrogens with one attached hydrogen (secondary N) is 2. The fraction of sp³-hybridized carbons (Fsp3) is 0.333. The molecule has 0 saturated carbocycles. The fourth-order valence-electron chi connectivity index (χ4n) is 4.40. The third kappa shape index (κ3) is 3.83. The van der Waals surface area contributed by atoms with E-state index in [0.29, 0.717) is 0 Å². The van der Waals surface area contributed by atoms with Gasteiger partial charge in [-0.1, -0.05) is 44.2 Å². The van der Waals surface area contributed by atoms with Crippen molar-refractivity contribution >= 4 is 5.84 Å². The minimum absolute atomic E-state index is 0.0109. The van der Waals surface area contributed by atoms with Gasteiger partial charge in [0.1, 0.15) is 11.8 Å². The first-order chi connectivity index (χ1) is 15.6. The van der Waals surface area contributed by atoms with Crippen molar-refractivity contribution in [2.75, 3.05) is 20.2 Å². The monoisotopic (exact) mass is 431 g/mol. The molecule has 1 aromatic heterocycles. The van der Waals surface area contributed by atoms with Gasteiger partial charge in [0.05, 0.1) is 25.0 Å². The van der Waals surface area contributed by atoms with E-state index >= 15 is 0 Å². The molecule has 2 aliphatic rings. The lowest BCUT2D eigenvalue weighted by atomic mass is 9.96. The first-order valence-electron chi connectivity index (χ1n) is 11.0. The van der Waals surface area contributed by atoms with Crippen molar-refractivity contribution in [3.63, 3.8) is 0 Å². The summed E-state index contributed by atoms with van der Waals surface area (Å²) in [5, 5.41) is 11.7. The van der Waals surface area contributed by atoms with Crippen molar-refractivity contribution in [1.29, 1.82) is 0 Å². The average molecular weight is 432 g/mol. The number of fused-ring (bicyclic) bond motifs is 1. The molecule has 8 heteroatoms. The second-order valence-electron chi connectivity index (χ2n) is 8.47. The van der Waals surface area contributed by atoms with Crippen molar-refractivity contribution in [2.24, 2.45) is 5.10 Å². The first kappa shape index (κ1) is 20.5. The second kappa shape index (κ2) is 8.64. The van der Waals surface area contributed by atoms with Gasteiger partial charge in [0.25, 0.3) is 0 Å². The number of hydrogen-bond acceptors (Lipinski definition) is 7. The van der Waals surface area contributed by atoms with E-state index in [1.54, 1.807) is 7.11 Å². The summed E-state index contributed by atoms with van der Waals surface area (Å²) in [6.07, 6.45) is 2.17. The third-order valence-corrected chi connectivity index (χ3v) is 6.03. The molecule has 2 aliphatic heterocycles. The molecule has 8 nitrogen and oxygen atoms in total. The maximum absolute atomic E-state index is 5.33. The maximum atomic E-state index is 5.33. The number of benzene rings is 2. The molecule has 0 spiro atoms. The van der Waals surface area contributed by atoms with Gasteiger partial charge in [-0.15, -0.1) is 10.6 Å². The van der Waals surface area contributed by atoms with Crippen LogP contribution in [0.3, 0.4) is 0 Å². The number of piperazine rings is 1. The molecule has 3 aromatic rings. The van der Waals surface area contributed by atoms with E-state index < -0.39 is 0 Å². The Bertz CT molecular complexity index is 1090. The Balaban J connectivity index is 1.54. The van der Waals surface area contributed by atoms with Crippen LogP contribution in [0.25, 0.3) is 5.69 Å². The number of ether oxygens (including phenoxy) is 1. The lowest BCUT2D eigenvalue weighted by Gasteiger charge is -2.40. The van der Waals surface area contributed by atoms with E-state index in [9.17, 15) is 0 Å². The molecule has 1 unspecified atom stereocenters. The molecule has 1 atom stereocenters. The van der Waals surface area contributed by atoms with Crippen LogP contribution in [0.4, 0.5) is 0 Å². The molecule has 32 heavy (non-hydrogen) atoms. The molecule has 2 aromatic carbocycles. The van der Waals surface area contributed by atoms with Crippen LogP contribution >= 0.6 is 0 Å². The summed E-state index contributed by atoms with van der Waals surface area (Å²) in [6, 6.07) is 18.6. The Kier molecular flexibility index (Phi) is 5.55. The van der Waals surface area contributed by atoms with E-state index in [-0.39, 0.29) is 12.0 Å². The Morgan fingerprint density at radius 1 is 1.06 bits per heavy atom. The highest BCUT2D eigenvalue weighted by molar-refractivity contribution is 5.89. The lowest BCUT2D eigenvalue weighted by Crippen LogP contribution is -2.54. The van der Waals surface area contributed by atoms with Crippen molar-refractivity contribution in [3.8, 4) is 11.4 Å². The summed E-state index contributed by atoms with van der Waals surface area (Å²) in [7, 11) is 1.69. The van der Waals surface area contributed by atoms with E-state index in [2.05, 4.69) is 70.4 Å². The molecular formula is C24H29N7O. The number of hydrazine groups is 2. The molecule has 3 heterocycles. The third-order valence-electron chi connectivity index (χ3n) is 6.03. The Labute approximate surface area is 188 Å².